The van der Waals surface area contributed by atoms with E-state index >= 15 is 0 Å². The SMILES string of the molecule is COc1cccc(-c2cccc(/C=C/C(=O)N3C(=O)OCC3Cc3ccccc3)c2)c1. The molecule has 1 aliphatic heterocycles. The van der Waals surface area contributed by atoms with E-state index in [0.29, 0.717) is 6.42 Å². The van der Waals surface area contributed by atoms with Crippen molar-refractivity contribution in [3.05, 3.63) is 96.1 Å². The lowest BCUT2D eigenvalue weighted by atomic mass is 10.0. The first-order chi connectivity index (χ1) is 15.1. The molecule has 0 aliphatic carbocycles. The quantitative estimate of drug-likeness (QED) is 0.536. The van der Waals surface area contributed by atoms with Crippen LogP contribution in [0.5, 0.6) is 5.75 Å². The summed E-state index contributed by atoms with van der Waals surface area (Å²) in [5.41, 5.74) is 3.95. The maximum Gasteiger partial charge on any atom is 0.417 e. The monoisotopic (exact) mass is 413 g/mol. The fourth-order valence-electron chi connectivity index (χ4n) is 3.64. The average Bonchev–Trinajstić information content (AvgIpc) is 3.18. The standard InChI is InChI=1S/C26H23NO4/c1-30-24-12-6-11-22(17-24)21-10-5-9-20(15-21)13-14-25(28)27-23(18-31-26(27)29)16-19-7-3-2-4-8-19/h2-15,17,23H,16,18H2,1H3/b14-13+. The van der Waals surface area contributed by atoms with Crippen LogP contribution in [0.4, 0.5) is 4.79 Å². The minimum absolute atomic E-state index is 0.207. The van der Waals surface area contributed by atoms with Crippen molar-refractivity contribution >= 4 is 18.1 Å². The molecule has 4 rings (SSSR count). The molecule has 3 aromatic rings. The molecule has 3 aromatic carbocycles. The second-order valence-electron chi connectivity index (χ2n) is 7.32. The molecule has 156 valence electrons. The van der Waals surface area contributed by atoms with Gasteiger partial charge in [-0.15, -0.1) is 0 Å². The van der Waals surface area contributed by atoms with Gasteiger partial charge in [0.25, 0.3) is 5.91 Å². The summed E-state index contributed by atoms with van der Waals surface area (Å²) in [4.78, 5) is 26.2. The maximum absolute atomic E-state index is 12.8. The normalized spacial score (nSPS) is 15.8. The number of rotatable bonds is 6. The van der Waals surface area contributed by atoms with E-state index in [1.54, 1.807) is 13.2 Å². The minimum atomic E-state index is -0.597. The first-order valence-corrected chi connectivity index (χ1v) is 10.1. The Morgan fingerprint density at radius 2 is 1.77 bits per heavy atom. The van der Waals surface area contributed by atoms with Gasteiger partial charge in [0.2, 0.25) is 0 Å². The van der Waals surface area contributed by atoms with Gasteiger partial charge < -0.3 is 9.47 Å². The Morgan fingerprint density at radius 1 is 1.03 bits per heavy atom. The van der Waals surface area contributed by atoms with Gasteiger partial charge in [-0.3, -0.25) is 4.79 Å². The number of carbonyl (C=O) groups excluding carboxylic acids is 2. The summed E-state index contributed by atoms with van der Waals surface area (Å²) in [6.07, 6.45) is 3.12. The van der Waals surface area contributed by atoms with Crippen LogP contribution in [0, 0.1) is 0 Å². The van der Waals surface area contributed by atoms with Crippen molar-refractivity contribution in [2.75, 3.05) is 13.7 Å². The molecule has 2 amide bonds. The van der Waals surface area contributed by atoms with Gasteiger partial charge >= 0.3 is 6.09 Å². The molecule has 0 saturated carbocycles. The van der Waals surface area contributed by atoms with Crippen LogP contribution in [-0.4, -0.2) is 36.7 Å². The van der Waals surface area contributed by atoms with E-state index in [0.717, 1.165) is 28.0 Å². The number of cyclic esters (lactones) is 1. The molecule has 0 aromatic heterocycles. The first kappa shape index (κ1) is 20.4. The van der Waals surface area contributed by atoms with E-state index in [4.69, 9.17) is 9.47 Å². The highest BCUT2D eigenvalue weighted by Gasteiger charge is 2.36. The molecule has 1 fully saturated rings. The summed E-state index contributed by atoms with van der Waals surface area (Å²) in [5, 5.41) is 0. The van der Waals surface area contributed by atoms with Crippen LogP contribution in [0.25, 0.3) is 17.2 Å². The molecule has 5 nitrogen and oxygen atoms in total. The van der Waals surface area contributed by atoms with Gasteiger partial charge in [0, 0.05) is 6.08 Å². The van der Waals surface area contributed by atoms with E-state index in [1.807, 2.05) is 78.9 Å². The predicted octanol–water partition coefficient (Wildman–Crippen LogP) is 4.97. The van der Waals surface area contributed by atoms with Crippen molar-refractivity contribution in [1.82, 2.24) is 4.90 Å². The highest BCUT2D eigenvalue weighted by Crippen LogP contribution is 2.25. The lowest BCUT2D eigenvalue weighted by molar-refractivity contribution is -0.124. The molecule has 0 bridgehead atoms. The van der Waals surface area contributed by atoms with E-state index in [9.17, 15) is 9.59 Å². The van der Waals surface area contributed by atoms with Gasteiger partial charge in [0.1, 0.15) is 12.4 Å². The number of amides is 2. The number of methoxy groups -OCH3 is 1. The van der Waals surface area contributed by atoms with Crippen LogP contribution in [0.2, 0.25) is 0 Å². The fourth-order valence-corrected chi connectivity index (χ4v) is 3.64. The van der Waals surface area contributed by atoms with Gasteiger partial charge in [0.15, 0.2) is 0 Å². The molecule has 1 saturated heterocycles. The van der Waals surface area contributed by atoms with Gasteiger partial charge in [-0.25, -0.2) is 9.69 Å². The Bertz CT molecular complexity index is 1110. The number of hydrogen-bond acceptors (Lipinski definition) is 4. The molecule has 1 heterocycles. The van der Waals surface area contributed by atoms with Crippen molar-refractivity contribution in [3.63, 3.8) is 0 Å². The van der Waals surface area contributed by atoms with Crippen LogP contribution >= 0.6 is 0 Å². The smallest absolute Gasteiger partial charge is 0.417 e. The average molecular weight is 413 g/mol. The van der Waals surface area contributed by atoms with E-state index in [1.165, 1.54) is 11.0 Å². The van der Waals surface area contributed by atoms with Crippen molar-refractivity contribution in [3.8, 4) is 16.9 Å². The fraction of sp³-hybridized carbons (Fsp3) is 0.154. The second-order valence-corrected chi connectivity index (χ2v) is 7.32. The molecule has 1 atom stereocenters. The van der Waals surface area contributed by atoms with Crippen molar-refractivity contribution in [1.29, 1.82) is 0 Å². The Kier molecular flexibility index (Phi) is 6.13. The Morgan fingerprint density at radius 3 is 2.55 bits per heavy atom. The molecule has 0 radical (unpaired) electrons. The second kappa shape index (κ2) is 9.30. The molecular formula is C26H23NO4. The predicted molar refractivity (Wildman–Crippen MR) is 120 cm³/mol. The van der Waals surface area contributed by atoms with E-state index in [2.05, 4.69) is 0 Å². The summed E-state index contributed by atoms with van der Waals surface area (Å²) in [6.45, 7) is 0.207. The van der Waals surface area contributed by atoms with Crippen LogP contribution < -0.4 is 4.74 Å². The van der Waals surface area contributed by atoms with E-state index < -0.39 is 6.09 Å². The lowest BCUT2D eigenvalue weighted by Gasteiger charge is -2.18. The Balaban J connectivity index is 1.49. The van der Waals surface area contributed by atoms with Crippen molar-refractivity contribution in [2.45, 2.75) is 12.5 Å². The zero-order valence-corrected chi connectivity index (χ0v) is 17.2. The van der Waals surface area contributed by atoms with Gasteiger partial charge in [0.05, 0.1) is 13.2 Å². The highest BCUT2D eigenvalue weighted by molar-refractivity contribution is 6.02. The number of carbonyl (C=O) groups is 2. The summed E-state index contributed by atoms with van der Waals surface area (Å²) >= 11 is 0. The third kappa shape index (κ3) is 4.83. The maximum atomic E-state index is 12.8. The number of hydrogen-bond donors (Lipinski definition) is 0. The molecule has 0 N–H and O–H groups in total. The van der Waals surface area contributed by atoms with E-state index in [-0.39, 0.29) is 18.6 Å². The number of benzene rings is 3. The van der Waals surface area contributed by atoms with Crippen LogP contribution in [-0.2, 0) is 16.0 Å². The summed E-state index contributed by atoms with van der Waals surface area (Å²) in [6, 6.07) is 25.1. The third-order valence-corrected chi connectivity index (χ3v) is 5.22. The zero-order valence-electron chi connectivity index (χ0n) is 17.2. The van der Waals surface area contributed by atoms with Gasteiger partial charge in [-0.05, 0) is 52.9 Å². The highest BCUT2D eigenvalue weighted by atomic mass is 16.6. The lowest BCUT2D eigenvalue weighted by Crippen LogP contribution is -2.39. The van der Waals surface area contributed by atoms with Crippen LogP contribution in [0.15, 0.2) is 84.9 Å². The zero-order chi connectivity index (χ0) is 21.6. The van der Waals surface area contributed by atoms with Gasteiger partial charge in [-0.1, -0.05) is 60.7 Å². The summed E-state index contributed by atoms with van der Waals surface area (Å²) in [7, 11) is 1.64. The Labute approximate surface area is 181 Å². The third-order valence-electron chi connectivity index (χ3n) is 5.22. The molecule has 0 spiro atoms. The van der Waals surface area contributed by atoms with Gasteiger partial charge in [-0.2, -0.15) is 0 Å². The molecular weight excluding hydrogens is 390 g/mol. The first-order valence-electron chi connectivity index (χ1n) is 10.1. The van der Waals surface area contributed by atoms with Crippen LogP contribution in [0.1, 0.15) is 11.1 Å². The largest absolute Gasteiger partial charge is 0.497 e. The number of nitrogens with zero attached hydrogens (tertiary/aromatic N) is 1. The molecule has 5 heteroatoms. The minimum Gasteiger partial charge on any atom is -0.497 e. The summed E-state index contributed by atoms with van der Waals surface area (Å²) < 4.78 is 10.4. The molecule has 1 unspecified atom stereocenters. The summed E-state index contributed by atoms with van der Waals surface area (Å²) in [5.74, 6) is 0.404. The van der Waals surface area contributed by atoms with Crippen LogP contribution in [0.3, 0.4) is 0 Å². The van der Waals surface area contributed by atoms with Crippen molar-refractivity contribution < 1.29 is 19.1 Å². The Hall–Kier alpha value is -3.86. The van der Waals surface area contributed by atoms with Crippen molar-refractivity contribution in [2.24, 2.45) is 0 Å². The number of ether oxygens (including phenoxy) is 2. The molecule has 1 aliphatic rings. The molecule has 31 heavy (non-hydrogen) atoms. The topological polar surface area (TPSA) is 55.8 Å². The number of imide groups is 1.